The highest BCUT2D eigenvalue weighted by Gasteiger charge is 2.71. The summed E-state index contributed by atoms with van der Waals surface area (Å²) < 4.78 is 10.4. The fourth-order valence-electron chi connectivity index (χ4n) is 10.1. The Hall–Kier alpha value is -6.64. The van der Waals surface area contributed by atoms with Crippen molar-refractivity contribution in [2.24, 2.45) is 5.92 Å². The summed E-state index contributed by atoms with van der Waals surface area (Å²) in [5, 5.41) is 25.9. The van der Waals surface area contributed by atoms with Crippen LogP contribution in [0.5, 0.6) is 0 Å². The molecule has 0 spiro atoms. The van der Waals surface area contributed by atoms with Gasteiger partial charge in [0, 0.05) is 74.0 Å². The maximum Gasteiger partial charge on any atom is 0.402 e. The smallest absolute Gasteiger partial charge is 0.402 e. The first-order chi connectivity index (χ1) is 28.6. The second kappa shape index (κ2) is 14.3. The number of ether oxygens (including phenoxy) is 1. The lowest BCUT2D eigenvalue weighted by Gasteiger charge is -2.45. The van der Waals surface area contributed by atoms with Crippen molar-refractivity contribution in [3.8, 4) is 0 Å². The lowest BCUT2D eigenvalue weighted by molar-refractivity contribution is -0.270. The van der Waals surface area contributed by atoms with Gasteiger partial charge in [0.25, 0.3) is 0 Å². The van der Waals surface area contributed by atoms with Crippen LogP contribution >= 0.6 is 0 Å². The van der Waals surface area contributed by atoms with Crippen molar-refractivity contribution in [1.82, 2.24) is 23.7 Å². The van der Waals surface area contributed by atoms with E-state index >= 15 is 9.59 Å². The molecule has 6 aliphatic heterocycles. The van der Waals surface area contributed by atoms with E-state index < -0.39 is 62.9 Å². The first-order valence-corrected chi connectivity index (χ1v) is 19.9. The molecule has 2 aromatic carbocycles. The standard InChI is InChI=1S/C45H41N5O9/c1-2-58-38(51)27-37-46-39(41(59-37)50(34-19-20-35(50)22-21-34)40(52)36-14-9-24-47(36)43(54)55)49(32-15-16-33(49)18-17-32)42(53)45(28-30-12-7-4-8-13-30)31(23-25-48(45)44(56)57)26-29-10-5-3-6-11-29/h3-8,10-13,15-22,31,36H,2,9,14,23-28H2,1H3/t31?,36-,45-/m0/s1. The summed E-state index contributed by atoms with van der Waals surface area (Å²) >= 11 is 0. The summed E-state index contributed by atoms with van der Waals surface area (Å²) in [4.78, 5) is 78.3. The van der Waals surface area contributed by atoms with Gasteiger partial charge in [-0.1, -0.05) is 60.7 Å². The molecule has 300 valence electrons. The van der Waals surface area contributed by atoms with E-state index in [-0.39, 0.29) is 50.1 Å². The van der Waals surface area contributed by atoms with Crippen molar-refractivity contribution in [2.75, 3.05) is 19.7 Å². The molecule has 4 bridgehead atoms. The van der Waals surface area contributed by atoms with Crippen LogP contribution in [0.1, 0.15) is 43.2 Å². The quantitative estimate of drug-likeness (QED) is 0.205. The molecule has 3 aromatic rings. The van der Waals surface area contributed by atoms with Crippen LogP contribution in [0.4, 0.5) is 21.3 Å². The molecule has 2 saturated heterocycles. The molecule has 4 amide bonds. The number of carbonyl (C=O) groups excluding carboxylic acids is 5. The third-order valence-electron chi connectivity index (χ3n) is 12.6. The number of carbonyl (C=O) groups is 5. The molecule has 1 aromatic heterocycles. The molecule has 0 N–H and O–H groups in total. The molecule has 59 heavy (non-hydrogen) atoms. The predicted molar refractivity (Wildman–Crippen MR) is 209 cm³/mol. The Kier molecular flexibility index (Phi) is 9.20. The number of oxazole rings is 1. The number of fused-ring (bicyclic) bond motifs is 4. The number of aromatic nitrogens is 1. The zero-order valence-electron chi connectivity index (χ0n) is 32.3. The number of amides is 4. The van der Waals surface area contributed by atoms with Gasteiger partial charge in [0.05, 0.1) is 6.61 Å². The zero-order valence-corrected chi connectivity index (χ0v) is 32.3. The monoisotopic (exact) mass is 795 g/mol. The van der Waals surface area contributed by atoms with Gasteiger partial charge in [-0.25, -0.2) is 9.59 Å². The first kappa shape index (κ1) is 37.9. The number of esters is 1. The van der Waals surface area contributed by atoms with Crippen LogP contribution in [0.2, 0.25) is 0 Å². The summed E-state index contributed by atoms with van der Waals surface area (Å²) in [7, 11) is 0. The van der Waals surface area contributed by atoms with Crippen molar-refractivity contribution < 1.29 is 43.3 Å². The third kappa shape index (κ3) is 5.53. The van der Waals surface area contributed by atoms with Crippen molar-refractivity contribution in [1.29, 1.82) is 0 Å². The van der Waals surface area contributed by atoms with Crippen molar-refractivity contribution >= 4 is 41.7 Å². The molecule has 0 aliphatic carbocycles. The van der Waals surface area contributed by atoms with E-state index in [9.17, 15) is 24.6 Å². The summed E-state index contributed by atoms with van der Waals surface area (Å²) in [5.74, 6) is -2.68. The highest BCUT2D eigenvalue weighted by molar-refractivity contribution is 6.09. The highest BCUT2D eigenvalue weighted by Crippen LogP contribution is 2.58. The lowest BCUT2D eigenvalue weighted by atomic mass is 9.74. The SMILES string of the molecule is CCOC(=O)Cc1nc([N+]2(C(=O)[C@]3(Cc4ccccc4)C(Cc4ccccc4)CCN3C(=O)[O-])C3=CC=C2C=C3)c([N+]2(C(=O)[C@@H]3CCCN3C(=O)[O-])C3=CC=C2C=C3)o1. The minimum absolute atomic E-state index is 0.0129. The lowest BCUT2D eigenvalue weighted by Crippen LogP contribution is -2.70. The van der Waals surface area contributed by atoms with Crippen LogP contribution < -0.4 is 19.2 Å². The van der Waals surface area contributed by atoms with Gasteiger partial charge < -0.3 is 38.8 Å². The average Bonchev–Trinajstić information content (AvgIpc) is 4.12. The van der Waals surface area contributed by atoms with Gasteiger partial charge in [-0.15, -0.1) is 8.97 Å². The van der Waals surface area contributed by atoms with Crippen molar-refractivity contribution in [3.63, 3.8) is 0 Å². The number of quaternary nitrogens is 2. The van der Waals surface area contributed by atoms with Gasteiger partial charge >= 0.3 is 29.5 Å². The van der Waals surface area contributed by atoms with Gasteiger partial charge in [-0.05, 0) is 43.7 Å². The molecule has 14 nitrogen and oxygen atoms in total. The van der Waals surface area contributed by atoms with Gasteiger partial charge in [0.15, 0.2) is 28.3 Å². The fourth-order valence-corrected chi connectivity index (χ4v) is 10.1. The number of hydrogen-bond donors (Lipinski definition) is 0. The number of carboxylic acid groups (broad SMARTS) is 2. The zero-order chi connectivity index (χ0) is 41.1. The van der Waals surface area contributed by atoms with Crippen LogP contribution in [-0.2, 0) is 38.4 Å². The third-order valence-corrected chi connectivity index (χ3v) is 12.6. The highest BCUT2D eigenvalue weighted by atomic mass is 16.5. The molecule has 2 fully saturated rings. The number of rotatable bonds is 11. The van der Waals surface area contributed by atoms with Crippen LogP contribution in [0.25, 0.3) is 0 Å². The fraction of sp³-hybridized carbons (Fsp3) is 0.289. The Balaban J connectivity index is 1.31. The van der Waals surface area contributed by atoms with Crippen molar-refractivity contribution in [2.45, 2.75) is 57.0 Å². The molecule has 0 saturated carbocycles. The van der Waals surface area contributed by atoms with E-state index in [0.29, 0.717) is 42.1 Å². The molecule has 6 aliphatic rings. The van der Waals surface area contributed by atoms with Crippen LogP contribution in [-0.4, -0.2) is 76.0 Å². The van der Waals surface area contributed by atoms with E-state index in [4.69, 9.17) is 14.1 Å². The second-order valence-corrected chi connectivity index (χ2v) is 15.5. The van der Waals surface area contributed by atoms with Gasteiger partial charge in [0.1, 0.15) is 24.6 Å². The Morgan fingerprint density at radius 3 is 1.95 bits per heavy atom. The van der Waals surface area contributed by atoms with Crippen LogP contribution in [0.15, 0.2) is 136 Å². The molecule has 14 heteroatoms. The summed E-state index contributed by atoms with van der Waals surface area (Å²) in [6, 6.07) is 17.7. The summed E-state index contributed by atoms with van der Waals surface area (Å²) in [5.41, 5.74) is 1.54. The number of hydrogen-bond acceptors (Lipinski definition) is 10. The van der Waals surface area contributed by atoms with E-state index in [1.54, 1.807) is 55.5 Å². The number of benzene rings is 2. The van der Waals surface area contributed by atoms with E-state index in [0.717, 1.165) is 20.9 Å². The summed E-state index contributed by atoms with van der Waals surface area (Å²) in [6.07, 6.45) is 11.8. The normalized spacial score (nSPS) is 23.9. The van der Waals surface area contributed by atoms with E-state index in [2.05, 4.69) is 0 Å². The number of likely N-dealkylation sites (tertiary alicyclic amines) is 2. The Morgan fingerprint density at radius 2 is 1.39 bits per heavy atom. The predicted octanol–water partition coefficient (Wildman–Crippen LogP) is 3.85. The maximum absolute atomic E-state index is 16.7. The molecule has 9 rings (SSSR count). The second-order valence-electron chi connectivity index (χ2n) is 15.5. The molecular formula is C45H41N5O9. The number of nitrogens with zero attached hydrogens (tertiary/aromatic N) is 5. The molecule has 3 atom stereocenters. The van der Waals surface area contributed by atoms with Crippen LogP contribution in [0, 0.1) is 5.92 Å². The van der Waals surface area contributed by atoms with Crippen molar-refractivity contribution in [3.05, 3.63) is 149 Å². The first-order valence-electron chi connectivity index (χ1n) is 19.9. The molecule has 1 unspecified atom stereocenters. The minimum atomic E-state index is -1.77. The minimum Gasteiger partial charge on any atom is -0.530 e. The Labute approximate surface area is 339 Å². The molecular weight excluding hydrogens is 755 g/mol. The Bertz CT molecular complexity index is 2430. The van der Waals surface area contributed by atoms with E-state index in [1.165, 1.54) is 0 Å². The average molecular weight is 796 g/mol. The summed E-state index contributed by atoms with van der Waals surface area (Å²) in [6.45, 7) is 1.85. The number of allylic oxidation sites excluding steroid dienone is 8. The topological polar surface area (TPSA) is 173 Å². The van der Waals surface area contributed by atoms with Gasteiger partial charge in [-0.3, -0.25) is 4.79 Å². The molecule has 0 radical (unpaired) electrons. The van der Waals surface area contributed by atoms with Gasteiger partial charge in [0.2, 0.25) is 5.89 Å². The van der Waals surface area contributed by atoms with Crippen LogP contribution in [0.3, 0.4) is 0 Å². The largest absolute Gasteiger partial charge is 0.530 e. The Morgan fingerprint density at radius 1 is 0.797 bits per heavy atom. The maximum atomic E-state index is 16.7. The van der Waals surface area contributed by atoms with E-state index in [1.807, 2.05) is 60.7 Å². The van der Waals surface area contributed by atoms with Gasteiger partial charge in [-0.2, -0.15) is 4.98 Å². The molecule has 7 heterocycles.